The van der Waals surface area contributed by atoms with Crippen molar-refractivity contribution < 1.29 is 19.2 Å². The van der Waals surface area contributed by atoms with E-state index in [0.717, 1.165) is 7.11 Å². The molecule has 0 saturated carbocycles. The van der Waals surface area contributed by atoms with Crippen LogP contribution in [0.4, 0.5) is 16.2 Å². The minimum absolute atomic E-state index is 0.0927. The minimum atomic E-state index is -0.765. The molecule has 0 spiro atoms. The van der Waals surface area contributed by atoms with E-state index in [1.807, 2.05) is 0 Å². The molecule has 0 aliphatic heterocycles. The molecule has 0 radical (unpaired) electrons. The zero-order valence-electron chi connectivity index (χ0n) is 10.0. The lowest BCUT2D eigenvalue weighted by Crippen LogP contribution is -2.31. The zero-order valence-corrected chi connectivity index (χ0v) is 10.0. The third-order valence-electron chi connectivity index (χ3n) is 2.03. The summed E-state index contributed by atoms with van der Waals surface area (Å²) in [5.41, 5.74) is 0.0209. The molecule has 0 aliphatic carbocycles. The molecule has 19 heavy (non-hydrogen) atoms. The molecule has 0 aromatic heterocycles. The van der Waals surface area contributed by atoms with Crippen LogP contribution < -0.4 is 10.6 Å². The molecule has 1 rings (SSSR count). The van der Waals surface area contributed by atoms with Crippen LogP contribution in [0.5, 0.6) is 0 Å². The van der Waals surface area contributed by atoms with Crippen LogP contribution in [-0.4, -0.2) is 24.0 Å². The fourth-order valence-corrected chi connectivity index (χ4v) is 1.14. The van der Waals surface area contributed by atoms with Crippen LogP contribution in [-0.2, 0) is 9.53 Å². The Hall–Kier alpha value is -2.90. The lowest BCUT2D eigenvalue weighted by molar-refractivity contribution is -0.384. The van der Waals surface area contributed by atoms with Crippen molar-refractivity contribution in [2.24, 2.45) is 0 Å². The van der Waals surface area contributed by atoms with E-state index >= 15 is 0 Å². The van der Waals surface area contributed by atoms with E-state index in [4.69, 9.17) is 0 Å². The van der Waals surface area contributed by atoms with Gasteiger partial charge in [0.15, 0.2) is 0 Å². The van der Waals surface area contributed by atoms with Crippen LogP contribution in [0.1, 0.15) is 0 Å². The highest BCUT2D eigenvalue weighted by Gasteiger charge is 2.11. The van der Waals surface area contributed by atoms with Crippen LogP contribution >= 0.6 is 0 Å². The summed E-state index contributed by atoms with van der Waals surface area (Å²) in [6, 6.07) is 4.50. The van der Waals surface area contributed by atoms with Gasteiger partial charge in [-0.1, -0.05) is 6.58 Å². The molecular formula is C11H11N3O5. The molecule has 1 aromatic rings. The quantitative estimate of drug-likeness (QED) is 0.370. The summed E-state index contributed by atoms with van der Waals surface area (Å²) in [7, 11) is 1.16. The summed E-state index contributed by atoms with van der Waals surface area (Å²) in [6.07, 6.45) is 0. The fourth-order valence-electron chi connectivity index (χ4n) is 1.14. The largest absolute Gasteiger partial charge is 0.464 e. The predicted molar refractivity (Wildman–Crippen MR) is 66.4 cm³/mol. The number of carbonyl (C=O) groups excluding carboxylic acids is 2. The monoisotopic (exact) mass is 265 g/mol. The molecule has 0 bridgehead atoms. The summed E-state index contributed by atoms with van der Waals surface area (Å²) in [5, 5.41) is 15.0. The van der Waals surface area contributed by atoms with E-state index in [2.05, 4.69) is 21.9 Å². The van der Waals surface area contributed by atoms with Crippen molar-refractivity contribution in [1.82, 2.24) is 5.32 Å². The van der Waals surface area contributed by atoms with Gasteiger partial charge in [0.1, 0.15) is 5.70 Å². The van der Waals surface area contributed by atoms with Crippen molar-refractivity contribution in [1.29, 1.82) is 0 Å². The zero-order chi connectivity index (χ0) is 14.4. The standard InChI is InChI=1S/C11H11N3O5/c1-7(10(15)19-2)12-11(16)13-8-3-5-9(6-4-8)14(17)18/h3-6H,1H2,2H3,(H2,12,13,16). The third kappa shape index (κ3) is 4.11. The number of carbonyl (C=O) groups is 2. The first-order valence-electron chi connectivity index (χ1n) is 5.03. The van der Waals surface area contributed by atoms with Gasteiger partial charge in [0.2, 0.25) is 0 Å². The van der Waals surface area contributed by atoms with Crippen LogP contribution in [0.15, 0.2) is 36.5 Å². The van der Waals surface area contributed by atoms with Crippen molar-refractivity contribution >= 4 is 23.4 Å². The van der Waals surface area contributed by atoms with E-state index in [1.54, 1.807) is 0 Å². The molecule has 0 unspecified atom stereocenters. The normalized spacial score (nSPS) is 9.32. The van der Waals surface area contributed by atoms with Gasteiger partial charge in [0, 0.05) is 17.8 Å². The number of urea groups is 1. The Morgan fingerprint density at radius 2 is 1.89 bits per heavy atom. The van der Waals surface area contributed by atoms with Crippen LogP contribution in [0, 0.1) is 10.1 Å². The fraction of sp³-hybridized carbons (Fsp3) is 0.0909. The molecule has 0 fully saturated rings. The number of benzene rings is 1. The van der Waals surface area contributed by atoms with Gasteiger partial charge in [0.25, 0.3) is 5.69 Å². The molecular weight excluding hydrogens is 254 g/mol. The number of methoxy groups -OCH3 is 1. The number of ether oxygens (including phenoxy) is 1. The van der Waals surface area contributed by atoms with Crippen molar-refractivity contribution in [2.45, 2.75) is 0 Å². The number of nitro groups is 1. The molecule has 0 heterocycles. The number of nitrogens with one attached hydrogen (secondary N) is 2. The number of hydrogen-bond acceptors (Lipinski definition) is 5. The molecule has 2 amide bonds. The summed E-state index contributed by atoms with van der Waals surface area (Å²) in [6.45, 7) is 3.31. The number of hydrogen-bond donors (Lipinski definition) is 2. The maximum Gasteiger partial charge on any atom is 0.353 e. The maximum atomic E-state index is 11.4. The van der Waals surface area contributed by atoms with Crippen molar-refractivity contribution in [3.05, 3.63) is 46.7 Å². The highest BCUT2D eigenvalue weighted by atomic mass is 16.6. The van der Waals surface area contributed by atoms with Gasteiger partial charge >= 0.3 is 12.0 Å². The van der Waals surface area contributed by atoms with Gasteiger partial charge in [-0.2, -0.15) is 0 Å². The average molecular weight is 265 g/mol. The van der Waals surface area contributed by atoms with Crippen LogP contribution in [0.25, 0.3) is 0 Å². The molecule has 0 aliphatic rings. The molecule has 8 nitrogen and oxygen atoms in total. The number of anilines is 1. The predicted octanol–water partition coefficient (Wildman–Crippen LogP) is 1.40. The number of amides is 2. The first-order chi connectivity index (χ1) is 8.93. The SMILES string of the molecule is C=C(NC(=O)Nc1ccc([N+](=O)[O-])cc1)C(=O)OC. The minimum Gasteiger partial charge on any atom is -0.464 e. The second-order valence-electron chi connectivity index (χ2n) is 3.35. The summed E-state index contributed by atoms with van der Waals surface area (Å²) in [4.78, 5) is 32.3. The maximum absolute atomic E-state index is 11.4. The lowest BCUT2D eigenvalue weighted by Gasteiger charge is -2.08. The van der Waals surface area contributed by atoms with Gasteiger partial charge in [0.05, 0.1) is 12.0 Å². The lowest BCUT2D eigenvalue weighted by atomic mass is 10.3. The number of non-ortho nitro benzene ring substituents is 1. The van der Waals surface area contributed by atoms with Crippen LogP contribution in [0.2, 0.25) is 0 Å². The number of nitro benzene ring substituents is 1. The second-order valence-corrected chi connectivity index (χ2v) is 3.35. The average Bonchev–Trinajstić information content (AvgIpc) is 2.38. The Kier molecular flexibility index (Phi) is 4.58. The van der Waals surface area contributed by atoms with Crippen molar-refractivity contribution in [2.75, 3.05) is 12.4 Å². The Labute approximate surface area is 108 Å². The highest BCUT2D eigenvalue weighted by Crippen LogP contribution is 2.15. The number of nitrogens with zero attached hydrogens (tertiary/aromatic N) is 1. The highest BCUT2D eigenvalue weighted by molar-refractivity contribution is 5.97. The smallest absolute Gasteiger partial charge is 0.353 e. The first-order valence-corrected chi connectivity index (χ1v) is 5.03. The van der Waals surface area contributed by atoms with E-state index in [1.165, 1.54) is 24.3 Å². The van der Waals surface area contributed by atoms with Gasteiger partial charge in [-0.05, 0) is 12.1 Å². The molecule has 2 N–H and O–H groups in total. The van der Waals surface area contributed by atoms with Crippen molar-refractivity contribution in [3.8, 4) is 0 Å². The van der Waals surface area contributed by atoms with E-state index in [-0.39, 0.29) is 11.4 Å². The van der Waals surface area contributed by atoms with Gasteiger partial charge < -0.3 is 15.4 Å². The Morgan fingerprint density at radius 1 is 1.32 bits per heavy atom. The second kappa shape index (κ2) is 6.15. The molecule has 100 valence electrons. The van der Waals surface area contributed by atoms with E-state index in [0.29, 0.717) is 5.69 Å². The van der Waals surface area contributed by atoms with Crippen molar-refractivity contribution in [3.63, 3.8) is 0 Å². The third-order valence-corrected chi connectivity index (χ3v) is 2.03. The van der Waals surface area contributed by atoms with Gasteiger partial charge in [-0.15, -0.1) is 0 Å². The Bertz CT molecular complexity index is 524. The first kappa shape index (κ1) is 14.2. The summed E-state index contributed by atoms with van der Waals surface area (Å²) < 4.78 is 4.35. The Balaban J connectivity index is 2.60. The molecule has 0 atom stereocenters. The van der Waals surface area contributed by atoms with E-state index in [9.17, 15) is 19.7 Å². The topological polar surface area (TPSA) is 111 Å². The molecule has 0 saturated heterocycles. The molecule has 1 aromatic carbocycles. The van der Waals surface area contributed by atoms with E-state index < -0.39 is 16.9 Å². The summed E-state index contributed by atoms with van der Waals surface area (Å²) >= 11 is 0. The van der Waals surface area contributed by atoms with Crippen LogP contribution in [0.3, 0.4) is 0 Å². The number of esters is 1. The van der Waals surface area contributed by atoms with Gasteiger partial charge in [-0.25, -0.2) is 9.59 Å². The summed E-state index contributed by atoms with van der Waals surface area (Å²) in [5.74, 6) is -0.765. The van der Waals surface area contributed by atoms with Gasteiger partial charge in [-0.3, -0.25) is 10.1 Å². The molecule has 8 heteroatoms. The number of rotatable bonds is 4. The Morgan fingerprint density at radius 3 is 2.37 bits per heavy atom.